The maximum Gasteiger partial charge on any atom is 0.321 e. The fourth-order valence-electron chi connectivity index (χ4n) is 0.786. The summed E-state index contributed by atoms with van der Waals surface area (Å²) in [6.07, 6.45) is 0. The van der Waals surface area contributed by atoms with Crippen LogP contribution in [0.1, 0.15) is 12.7 Å². The largest absolute Gasteiger partial charge is 0.336 e. The number of likely N-dealkylation sites (N-methyl/N-ethyl adjacent to an activating group) is 1. The first kappa shape index (κ1) is 9.98. The number of hydrogen-bond acceptors (Lipinski definition) is 5. The number of nitrogens with one attached hydrogen (secondary N) is 1. The lowest BCUT2D eigenvalue weighted by molar-refractivity contribution is 0.322. The standard InChI is InChI=1S/C8H16N4O/c1-6(12(3)4)5-9-8-10-7(2)11-13-8/h6H,5H2,1-4H3,(H,9,10,11). The SMILES string of the molecule is Cc1noc(NCC(C)N(C)C)n1. The predicted molar refractivity (Wildman–Crippen MR) is 50.7 cm³/mol. The van der Waals surface area contributed by atoms with E-state index in [0.29, 0.717) is 17.9 Å². The van der Waals surface area contributed by atoms with E-state index >= 15 is 0 Å². The van der Waals surface area contributed by atoms with Crippen molar-refractivity contribution in [2.45, 2.75) is 19.9 Å². The molecule has 1 aromatic heterocycles. The van der Waals surface area contributed by atoms with E-state index in [9.17, 15) is 0 Å². The molecule has 0 bridgehead atoms. The van der Waals surface area contributed by atoms with Gasteiger partial charge in [-0.2, -0.15) is 4.98 Å². The minimum atomic E-state index is 0.437. The second-order valence-corrected chi connectivity index (χ2v) is 3.34. The Morgan fingerprint density at radius 2 is 2.23 bits per heavy atom. The maximum absolute atomic E-state index is 4.90. The highest BCUT2D eigenvalue weighted by Crippen LogP contribution is 2.02. The minimum absolute atomic E-state index is 0.437. The molecule has 1 rings (SSSR count). The van der Waals surface area contributed by atoms with Crippen LogP contribution < -0.4 is 5.32 Å². The zero-order valence-corrected chi connectivity index (χ0v) is 8.53. The van der Waals surface area contributed by atoms with Crippen molar-refractivity contribution in [1.82, 2.24) is 15.0 Å². The third kappa shape index (κ3) is 3.02. The fraction of sp³-hybridized carbons (Fsp3) is 0.750. The Bertz CT molecular complexity index is 258. The normalized spacial score (nSPS) is 13.3. The van der Waals surface area contributed by atoms with Crippen LogP contribution in [-0.4, -0.2) is 41.7 Å². The fourth-order valence-corrected chi connectivity index (χ4v) is 0.786. The van der Waals surface area contributed by atoms with Crippen molar-refractivity contribution in [3.8, 4) is 0 Å². The molecule has 1 heterocycles. The van der Waals surface area contributed by atoms with E-state index in [0.717, 1.165) is 6.54 Å². The van der Waals surface area contributed by atoms with Gasteiger partial charge < -0.3 is 14.7 Å². The van der Waals surface area contributed by atoms with Crippen molar-refractivity contribution in [3.05, 3.63) is 5.82 Å². The van der Waals surface area contributed by atoms with Gasteiger partial charge in [-0.25, -0.2) is 0 Å². The molecule has 13 heavy (non-hydrogen) atoms. The van der Waals surface area contributed by atoms with E-state index in [1.807, 2.05) is 14.1 Å². The first-order valence-electron chi connectivity index (χ1n) is 4.30. The van der Waals surface area contributed by atoms with E-state index in [2.05, 4.69) is 27.3 Å². The van der Waals surface area contributed by atoms with Crippen molar-refractivity contribution in [2.75, 3.05) is 26.0 Å². The van der Waals surface area contributed by atoms with Crippen molar-refractivity contribution in [1.29, 1.82) is 0 Å². The van der Waals surface area contributed by atoms with Crippen molar-refractivity contribution >= 4 is 6.01 Å². The second-order valence-electron chi connectivity index (χ2n) is 3.34. The maximum atomic E-state index is 4.90. The molecule has 1 N–H and O–H groups in total. The van der Waals surface area contributed by atoms with E-state index in [1.54, 1.807) is 6.92 Å². The van der Waals surface area contributed by atoms with Crippen LogP contribution in [0.25, 0.3) is 0 Å². The third-order valence-electron chi connectivity index (χ3n) is 1.96. The minimum Gasteiger partial charge on any atom is -0.336 e. The number of aryl methyl sites for hydroxylation is 1. The van der Waals surface area contributed by atoms with Gasteiger partial charge in [-0.15, -0.1) is 0 Å². The monoisotopic (exact) mass is 184 g/mol. The van der Waals surface area contributed by atoms with Gasteiger partial charge in [-0.3, -0.25) is 0 Å². The molecule has 5 nitrogen and oxygen atoms in total. The second kappa shape index (κ2) is 4.23. The van der Waals surface area contributed by atoms with E-state index in [1.165, 1.54) is 0 Å². The molecule has 0 aliphatic carbocycles. The lowest BCUT2D eigenvalue weighted by Crippen LogP contribution is -2.31. The Hall–Kier alpha value is -1.10. The molecule has 1 aromatic rings. The van der Waals surface area contributed by atoms with Gasteiger partial charge in [0.15, 0.2) is 5.82 Å². The summed E-state index contributed by atoms with van der Waals surface area (Å²) in [6, 6.07) is 0.929. The first-order chi connectivity index (χ1) is 6.09. The molecule has 5 heteroatoms. The zero-order valence-electron chi connectivity index (χ0n) is 8.53. The smallest absolute Gasteiger partial charge is 0.321 e. The lowest BCUT2D eigenvalue weighted by atomic mass is 10.3. The Labute approximate surface area is 78.1 Å². The molecular formula is C8H16N4O. The molecule has 0 aromatic carbocycles. The van der Waals surface area contributed by atoms with Gasteiger partial charge in [0, 0.05) is 12.6 Å². The average molecular weight is 184 g/mol. The molecule has 0 aliphatic rings. The Morgan fingerprint density at radius 3 is 2.69 bits per heavy atom. The van der Waals surface area contributed by atoms with Crippen molar-refractivity contribution in [3.63, 3.8) is 0 Å². The van der Waals surface area contributed by atoms with Gasteiger partial charge in [-0.05, 0) is 27.9 Å². The first-order valence-corrected chi connectivity index (χ1v) is 4.30. The van der Waals surface area contributed by atoms with Gasteiger partial charge in [0.05, 0.1) is 0 Å². The van der Waals surface area contributed by atoms with Crippen LogP contribution in [0.15, 0.2) is 4.52 Å². The summed E-state index contributed by atoms with van der Waals surface area (Å²) in [7, 11) is 4.07. The predicted octanol–water partition coefficient (Wildman–Crippen LogP) is 0.740. The van der Waals surface area contributed by atoms with E-state index < -0.39 is 0 Å². The molecule has 0 spiro atoms. The molecule has 0 saturated carbocycles. The number of hydrogen-bond donors (Lipinski definition) is 1. The summed E-state index contributed by atoms with van der Waals surface area (Å²) in [6.45, 7) is 4.72. The lowest BCUT2D eigenvalue weighted by Gasteiger charge is -2.18. The van der Waals surface area contributed by atoms with Crippen LogP contribution >= 0.6 is 0 Å². The number of rotatable bonds is 4. The Kier molecular flexibility index (Phi) is 3.25. The molecule has 0 amide bonds. The molecule has 0 saturated heterocycles. The summed E-state index contributed by atoms with van der Waals surface area (Å²) in [5.74, 6) is 0.653. The van der Waals surface area contributed by atoms with E-state index in [4.69, 9.17) is 4.52 Å². The number of anilines is 1. The Balaban J connectivity index is 2.35. The zero-order chi connectivity index (χ0) is 9.84. The number of aromatic nitrogens is 2. The summed E-state index contributed by atoms with van der Waals surface area (Å²) in [4.78, 5) is 6.16. The van der Waals surface area contributed by atoms with Crippen molar-refractivity contribution in [2.24, 2.45) is 0 Å². The highest BCUT2D eigenvalue weighted by molar-refractivity contribution is 5.17. The summed E-state index contributed by atoms with van der Waals surface area (Å²) in [5, 5.41) is 6.74. The third-order valence-corrected chi connectivity index (χ3v) is 1.96. The van der Waals surface area contributed by atoms with Crippen LogP contribution in [0.2, 0.25) is 0 Å². The molecule has 1 atom stereocenters. The van der Waals surface area contributed by atoms with Crippen LogP contribution in [0, 0.1) is 6.92 Å². The number of nitrogens with zero attached hydrogens (tertiary/aromatic N) is 3. The highest BCUT2D eigenvalue weighted by Gasteiger charge is 2.06. The molecule has 0 aliphatic heterocycles. The highest BCUT2D eigenvalue weighted by atomic mass is 16.5. The van der Waals surface area contributed by atoms with Crippen molar-refractivity contribution < 1.29 is 4.52 Å². The summed E-state index contributed by atoms with van der Waals surface area (Å²) in [5.41, 5.74) is 0. The van der Waals surface area contributed by atoms with Gasteiger partial charge in [0.2, 0.25) is 0 Å². The molecule has 0 radical (unpaired) electrons. The molecule has 74 valence electrons. The van der Waals surface area contributed by atoms with Crippen LogP contribution in [0.5, 0.6) is 0 Å². The molecule has 1 unspecified atom stereocenters. The molecule has 0 fully saturated rings. The summed E-state index contributed by atoms with van der Waals surface area (Å²) >= 11 is 0. The van der Waals surface area contributed by atoms with Gasteiger partial charge in [0.25, 0.3) is 0 Å². The molecular weight excluding hydrogens is 168 g/mol. The summed E-state index contributed by atoms with van der Waals surface area (Å²) < 4.78 is 4.90. The van der Waals surface area contributed by atoms with Crippen LogP contribution in [0.3, 0.4) is 0 Å². The topological polar surface area (TPSA) is 54.2 Å². The van der Waals surface area contributed by atoms with Gasteiger partial charge in [0.1, 0.15) is 0 Å². The van der Waals surface area contributed by atoms with E-state index in [-0.39, 0.29) is 0 Å². The van der Waals surface area contributed by atoms with Crippen LogP contribution in [-0.2, 0) is 0 Å². The van der Waals surface area contributed by atoms with Gasteiger partial charge in [-0.1, -0.05) is 5.16 Å². The quantitative estimate of drug-likeness (QED) is 0.748. The van der Waals surface area contributed by atoms with Gasteiger partial charge >= 0.3 is 6.01 Å². The van der Waals surface area contributed by atoms with Crippen LogP contribution in [0.4, 0.5) is 6.01 Å². The average Bonchev–Trinajstić information content (AvgIpc) is 2.47. The Morgan fingerprint density at radius 1 is 1.54 bits per heavy atom.